The van der Waals surface area contributed by atoms with Gasteiger partial charge < -0.3 is 25.2 Å². The third kappa shape index (κ3) is 5.40. The maximum absolute atomic E-state index is 13.8. The van der Waals surface area contributed by atoms with Crippen LogP contribution in [0.25, 0.3) is 0 Å². The first-order chi connectivity index (χ1) is 18.2. The highest BCUT2D eigenvalue weighted by Crippen LogP contribution is 2.47. The van der Waals surface area contributed by atoms with Crippen molar-refractivity contribution in [2.75, 3.05) is 24.9 Å². The smallest absolute Gasteiger partial charge is 0.235 e. The minimum Gasteiger partial charge on any atom is -0.495 e. The fraction of sp³-hybridized carbons (Fsp3) is 0.300. The molecule has 3 N–H and O–H groups in total. The average Bonchev–Trinajstić information content (AvgIpc) is 2.88. The zero-order valence-electron chi connectivity index (χ0n) is 21.9. The van der Waals surface area contributed by atoms with Crippen LogP contribution in [0.4, 0.5) is 11.4 Å². The van der Waals surface area contributed by atoms with Gasteiger partial charge in [-0.1, -0.05) is 54.1 Å². The Balaban J connectivity index is 1.78. The van der Waals surface area contributed by atoms with E-state index in [1.54, 1.807) is 60.7 Å². The van der Waals surface area contributed by atoms with Gasteiger partial charge >= 0.3 is 0 Å². The van der Waals surface area contributed by atoms with Gasteiger partial charge in [-0.3, -0.25) is 14.4 Å². The Hall–Kier alpha value is -4.17. The molecule has 0 heterocycles. The van der Waals surface area contributed by atoms with Crippen LogP contribution in [0.5, 0.6) is 11.5 Å². The van der Waals surface area contributed by atoms with Crippen LogP contribution in [0, 0.1) is 18.8 Å². The molecular formula is C30H32N2O6. The molecule has 4 atom stereocenters. The van der Waals surface area contributed by atoms with Gasteiger partial charge in [0, 0.05) is 12.3 Å². The van der Waals surface area contributed by atoms with Gasteiger partial charge in [-0.15, -0.1) is 0 Å². The normalized spacial score (nSPS) is 22.9. The second kappa shape index (κ2) is 11.1. The molecule has 1 saturated carbocycles. The molecule has 1 aliphatic carbocycles. The van der Waals surface area contributed by atoms with Crippen molar-refractivity contribution < 1.29 is 29.0 Å². The Bertz CT molecular complexity index is 1330. The Morgan fingerprint density at radius 2 is 1.34 bits per heavy atom. The van der Waals surface area contributed by atoms with Crippen molar-refractivity contribution in [1.82, 2.24) is 0 Å². The van der Waals surface area contributed by atoms with Crippen molar-refractivity contribution in [1.29, 1.82) is 0 Å². The van der Waals surface area contributed by atoms with Crippen LogP contribution in [0.1, 0.15) is 30.4 Å². The fourth-order valence-corrected chi connectivity index (χ4v) is 5.20. The maximum atomic E-state index is 13.8. The molecule has 0 saturated heterocycles. The van der Waals surface area contributed by atoms with Crippen LogP contribution in [0.3, 0.4) is 0 Å². The van der Waals surface area contributed by atoms with Crippen LogP contribution in [0.2, 0.25) is 0 Å². The quantitative estimate of drug-likeness (QED) is 0.403. The van der Waals surface area contributed by atoms with E-state index in [2.05, 4.69) is 10.6 Å². The number of amides is 2. The lowest BCUT2D eigenvalue weighted by Gasteiger charge is -2.44. The molecule has 38 heavy (non-hydrogen) atoms. The molecule has 2 amide bonds. The number of hydrogen-bond acceptors (Lipinski definition) is 6. The van der Waals surface area contributed by atoms with E-state index in [1.807, 2.05) is 19.1 Å². The zero-order chi connectivity index (χ0) is 27.4. The molecule has 0 aliphatic heterocycles. The van der Waals surface area contributed by atoms with Gasteiger partial charge in [-0.25, -0.2) is 0 Å². The molecule has 3 aromatic carbocycles. The number of aliphatic hydroxyl groups is 1. The number of anilines is 2. The predicted octanol–water partition coefficient (Wildman–Crippen LogP) is 4.33. The SMILES string of the molecule is COc1ccccc1NC(=O)[C@@H]1C(=O)C[C@@](C)(O)[C@H](C(=O)Nc2ccccc2OC)[C@@H]1c1ccc(C)cc1. The van der Waals surface area contributed by atoms with Gasteiger partial charge in [0.25, 0.3) is 0 Å². The number of Topliss-reactive ketones (excluding diaryl/α,β-unsaturated/α-hetero) is 1. The number of carbonyl (C=O) groups is 3. The number of ether oxygens (including phenoxy) is 2. The van der Waals surface area contributed by atoms with Gasteiger partial charge in [0.15, 0.2) is 0 Å². The summed E-state index contributed by atoms with van der Waals surface area (Å²) in [6.07, 6.45) is -0.358. The van der Waals surface area contributed by atoms with E-state index in [0.29, 0.717) is 28.4 Å². The number of aryl methyl sites for hydroxylation is 1. The highest BCUT2D eigenvalue weighted by Gasteiger charge is 2.56. The zero-order valence-corrected chi connectivity index (χ0v) is 21.9. The number of methoxy groups -OCH3 is 2. The molecule has 0 unspecified atom stereocenters. The summed E-state index contributed by atoms with van der Waals surface area (Å²) in [6.45, 7) is 3.39. The molecule has 0 bridgehead atoms. The van der Waals surface area contributed by atoms with Crippen molar-refractivity contribution in [2.45, 2.75) is 31.8 Å². The first kappa shape index (κ1) is 26.9. The summed E-state index contributed by atoms with van der Waals surface area (Å²) in [4.78, 5) is 41.0. The molecule has 8 heteroatoms. The van der Waals surface area contributed by atoms with Crippen molar-refractivity contribution in [3.8, 4) is 11.5 Å². The number of benzene rings is 3. The van der Waals surface area contributed by atoms with Crippen LogP contribution in [-0.2, 0) is 14.4 Å². The van der Waals surface area contributed by atoms with Gasteiger partial charge in [0.1, 0.15) is 23.2 Å². The summed E-state index contributed by atoms with van der Waals surface area (Å²) in [5.74, 6) is -3.94. The third-order valence-electron chi connectivity index (χ3n) is 7.02. The van der Waals surface area contributed by atoms with E-state index in [-0.39, 0.29) is 6.42 Å². The number of carbonyl (C=O) groups excluding carboxylic acids is 3. The average molecular weight is 517 g/mol. The Morgan fingerprint density at radius 1 is 0.842 bits per heavy atom. The molecule has 0 spiro atoms. The Kier molecular flexibility index (Phi) is 7.83. The number of ketones is 1. The van der Waals surface area contributed by atoms with E-state index < -0.39 is 41.0 Å². The highest BCUT2D eigenvalue weighted by molar-refractivity contribution is 6.11. The lowest BCUT2D eigenvalue weighted by atomic mass is 9.61. The third-order valence-corrected chi connectivity index (χ3v) is 7.02. The van der Waals surface area contributed by atoms with Gasteiger partial charge in [0.05, 0.1) is 37.1 Å². The second-order valence-corrected chi connectivity index (χ2v) is 9.77. The van der Waals surface area contributed by atoms with E-state index in [9.17, 15) is 19.5 Å². The standard InChI is InChI=1S/C30H32N2O6/c1-18-13-15-19(16-14-18)25-26(28(34)31-20-9-5-7-11-23(20)37-3)22(33)17-30(2,36)27(25)29(35)32-21-10-6-8-12-24(21)38-4/h5-16,25-27,36H,17H2,1-4H3,(H,31,34)(H,32,35)/t25-,26-,27+,30-/m1/s1. The lowest BCUT2D eigenvalue weighted by molar-refractivity contribution is -0.150. The maximum Gasteiger partial charge on any atom is 0.235 e. The summed E-state index contributed by atoms with van der Waals surface area (Å²) < 4.78 is 10.7. The van der Waals surface area contributed by atoms with Gasteiger partial charge in [-0.05, 0) is 43.7 Å². The van der Waals surface area contributed by atoms with E-state index in [0.717, 1.165) is 5.56 Å². The van der Waals surface area contributed by atoms with Crippen LogP contribution < -0.4 is 20.1 Å². The summed E-state index contributed by atoms with van der Waals surface area (Å²) >= 11 is 0. The number of hydrogen-bond donors (Lipinski definition) is 3. The molecule has 4 rings (SSSR count). The summed E-state index contributed by atoms with van der Waals surface area (Å²) in [5, 5.41) is 17.1. The monoisotopic (exact) mass is 516 g/mol. The first-order valence-electron chi connectivity index (χ1n) is 12.4. The summed E-state index contributed by atoms with van der Waals surface area (Å²) in [7, 11) is 2.98. The summed E-state index contributed by atoms with van der Waals surface area (Å²) in [5.41, 5.74) is 0.699. The number of rotatable bonds is 7. The highest BCUT2D eigenvalue weighted by atomic mass is 16.5. The van der Waals surface area contributed by atoms with Crippen molar-refractivity contribution in [3.05, 3.63) is 83.9 Å². The van der Waals surface area contributed by atoms with E-state index in [1.165, 1.54) is 21.1 Å². The van der Waals surface area contributed by atoms with Crippen LogP contribution in [-0.4, -0.2) is 42.5 Å². The molecule has 3 aromatic rings. The van der Waals surface area contributed by atoms with Gasteiger partial charge in [-0.2, -0.15) is 0 Å². The van der Waals surface area contributed by atoms with Gasteiger partial charge in [0.2, 0.25) is 11.8 Å². The number of para-hydroxylation sites is 4. The molecule has 1 aliphatic rings. The first-order valence-corrected chi connectivity index (χ1v) is 12.4. The Labute approximate surface area is 222 Å². The molecule has 0 aromatic heterocycles. The minimum absolute atomic E-state index is 0.358. The van der Waals surface area contributed by atoms with Crippen LogP contribution >= 0.6 is 0 Å². The van der Waals surface area contributed by atoms with E-state index >= 15 is 0 Å². The Morgan fingerprint density at radius 3 is 1.87 bits per heavy atom. The van der Waals surface area contributed by atoms with Crippen molar-refractivity contribution >= 4 is 29.0 Å². The molecular weight excluding hydrogens is 484 g/mol. The minimum atomic E-state index is -1.71. The molecule has 8 nitrogen and oxygen atoms in total. The summed E-state index contributed by atoms with van der Waals surface area (Å²) in [6, 6.07) is 21.1. The van der Waals surface area contributed by atoms with Crippen molar-refractivity contribution in [3.63, 3.8) is 0 Å². The topological polar surface area (TPSA) is 114 Å². The molecule has 1 fully saturated rings. The fourth-order valence-electron chi connectivity index (χ4n) is 5.20. The predicted molar refractivity (Wildman–Crippen MR) is 144 cm³/mol. The van der Waals surface area contributed by atoms with E-state index in [4.69, 9.17) is 9.47 Å². The largest absolute Gasteiger partial charge is 0.495 e. The molecule has 0 radical (unpaired) electrons. The lowest BCUT2D eigenvalue weighted by Crippen LogP contribution is -2.56. The van der Waals surface area contributed by atoms with Crippen molar-refractivity contribution in [2.24, 2.45) is 11.8 Å². The number of nitrogens with one attached hydrogen (secondary N) is 2. The second-order valence-electron chi connectivity index (χ2n) is 9.77. The molecule has 198 valence electrons. The van der Waals surface area contributed by atoms with Crippen LogP contribution in [0.15, 0.2) is 72.8 Å².